The Labute approximate surface area is 219 Å². The number of aromatic nitrogens is 4. The molecule has 1 amide bonds. The third-order valence-electron chi connectivity index (χ3n) is 6.37. The first-order chi connectivity index (χ1) is 18.5. The van der Waals surface area contributed by atoms with Gasteiger partial charge in [0.1, 0.15) is 5.82 Å². The van der Waals surface area contributed by atoms with Gasteiger partial charge in [-0.15, -0.1) is 0 Å². The molecule has 0 radical (unpaired) electrons. The van der Waals surface area contributed by atoms with Gasteiger partial charge in [0.15, 0.2) is 11.1 Å². The molecule has 1 aromatic carbocycles. The van der Waals surface area contributed by atoms with Gasteiger partial charge in [-0.1, -0.05) is 6.58 Å². The van der Waals surface area contributed by atoms with Crippen LogP contribution in [-0.2, 0) is 4.79 Å². The minimum atomic E-state index is -0.372. The molecule has 3 aromatic heterocycles. The van der Waals surface area contributed by atoms with Crippen LogP contribution >= 0.6 is 0 Å². The van der Waals surface area contributed by atoms with Crippen LogP contribution in [0.1, 0.15) is 0 Å². The molecule has 0 aliphatic carbocycles. The second-order valence-electron chi connectivity index (χ2n) is 8.80. The zero-order valence-corrected chi connectivity index (χ0v) is 20.7. The van der Waals surface area contributed by atoms with E-state index < -0.39 is 0 Å². The van der Waals surface area contributed by atoms with E-state index in [0.29, 0.717) is 35.0 Å². The van der Waals surface area contributed by atoms with Crippen LogP contribution in [0, 0.1) is 0 Å². The topological polar surface area (TPSA) is 129 Å². The minimum Gasteiger partial charge on any atom is -0.395 e. The van der Waals surface area contributed by atoms with E-state index in [4.69, 9.17) is 5.11 Å². The van der Waals surface area contributed by atoms with Crippen LogP contribution in [-0.4, -0.2) is 74.8 Å². The molecule has 194 valence electrons. The fraction of sp³-hybridized carbons (Fsp3) is 0.222. The van der Waals surface area contributed by atoms with Gasteiger partial charge in [0.05, 0.1) is 17.7 Å². The molecule has 0 saturated carbocycles. The summed E-state index contributed by atoms with van der Waals surface area (Å²) < 4.78 is 1.74. The molecule has 11 heteroatoms. The summed E-state index contributed by atoms with van der Waals surface area (Å²) in [5.74, 6) is 0.321. The summed E-state index contributed by atoms with van der Waals surface area (Å²) in [5.41, 5.74) is 2.83. The molecule has 0 unspecified atom stereocenters. The number of benzene rings is 1. The molecule has 0 atom stereocenters. The lowest BCUT2D eigenvalue weighted by Crippen LogP contribution is -2.47. The Morgan fingerprint density at radius 2 is 1.84 bits per heavy atom. The molecule has 4 aromatic rings. The van der Waals surface area contributed by atoms with Crippen molar-refractivity contribution in [2.45, 2.75) is 0 Å². The van der Waals surface area contributed by atoms with Crippen LogP contribution in [0.15, 0.2) is 78.5 Å². The average molecular weight is 513 g/mol. The number of nitrogens with zero attached hydrogens (tertiary/aromatic N) is 6. The van der Waals surface area contributed by atoms with E-state index in [0.717, 1.165) is 37.6 Å². The van der Waals surface area contributed by atoms with E-state index in [9.17, 15) is 9.59 Å². The van der Waals surface area contributed by atoms with E-state index in [1.165, 1.54) is 18.3 Å². The van der Waals surface area contributed by atoms with E-state index in [1.807, 2.05) is 12.1 Å². The highest BCUT2D eigenvalue weighted by Gasteiger charge is 2.17. The Balaban J connectivity index is 1.37. The molecule has 1 aliphatic rings. The molecular formula is C27H28N8O3. The van der Waals surface area contributed by atoms with Crippen LogP contribution in [0.5, 0.6) is 0 Å². The summed E-state index contributed by atoms with van der Waals surface area (Å²) in [6.07, 6.45) is 5.86. The number of nitrogens with one attached hydrogen (secondary N) is 2. The molecule has 38 heavy (non-hydrogen) atoms. The highest BCUT2D eigenvalue weighted by Crippen LogP contribution is 2.22. The standard InChI is InChI=1S/C27H28N8O3/c1-2-25(38)31-24-17-21(7-9-28-24)35-10-8-23(37)22-18-29-27(32-26(22)35)30-19-3-5-20(6-4-19)34-13-11-33(12-14-34)15-16-36/h2-10,17-18,36H,1,11-16H2,(H,28,31,38)(H,29,30,32). The largest absolute Gasteiger partial charge is 0.395 e. The Morgan fingerprint density at radius 3 is 2.58 bits per heavy atom. The van der Waals surface area contributed by atoms with E-state index in [1.54, 1.807) is 29.1 Å². The van der Waals surface area contributed by atoms with Gasteiger partial charge in [-0.2, -0.15) is 4.98 Å². The highest BCUT2D eigenvalue weighted by molar-refractivity contribution is 5.98. The Hall–Kier alpha value is -4.61. The summed E-state index contributed by atoms with van der Waals surface area (Å²) in [7, 11) is 0. The first-order valence-corrected chi connectivity index (χ1v) is 12.3. The van der Waals surface area contributed by atoms with Gasteiger partial charge in [0.25, 0.3) is 0 Å². The molecule has 1 saturated heterocycles. The van der Waals surface area contributed by atoms with Crippen molar-refractivity contribution in [2.24, 2.45) is 0 Å². The zero-order valence-electron chi connectivity index (χ0n) is 20.7. The number of anilines is 4. The number of piperazine rings is 1. The van der Waals surface area contributed by atoms with E-state index in [-0.39, 0.29) is 17.9 Å². The summed E-state index contributed by atoms with van der Waals surface area (Å²) in [4.78, 5) is 41.9. The predicted octanol–water partition coefficient (Wildman–Crippen LogP) is 2.16. The van der Waals surface area contributed by atoms with Crippen molar-refractivity contribution in [1.82, 2.24) is 24.4 Å². The van der Waals surface area contributed by atoms with Gasteiger partial charge < -0.3 is 25.2 Å². The van der Waals surface area contributed by atoms with Crippen molar-refractivity contribution >= 4 is 40.1 Å². The Kier molecular flexibility index (Phi) is 7.38. The van der Waals surface area contributed by atoms with Crippen molar-refractivity contribution in [3.63, 3.8) is 0 Å². The second kappa shape index (κ2) is 11.2. The normalized spacial score (nSPS) is 13.9. The molecule has 1 fully saturated rings. The summed E-state index contributed by atoms with van der Waals surface area (Å²) >= 11 is 0. The van der Waals surface area contributed by atoms with Crippen molar-refractivity contribution in [3.05, 3.63) is 83.9 Å². The number of hydrogen-bond acceptors (Lipinski definition) is 9. The van der Waals surface area contributed by atoms with Crippen LogP contribution in [0.25, 0.3) is 16.7 Å². The van der Waals surface area contributed by atoms with Gasteiger partial charge in [0.2, 0.25) is 11.9 Å². The van der Waals surface area contributed by atoms with Gasteiger partial charge in [-0.25, -0.2) is 9.97 Å². The number of rotatable bonds is 8. The maximum atomic E-state index is 12.5. The maximum Gasteiger partial charge on any atom is 0.248 e. The number of aliphatic hydroxyl groups excluding tert-OH is 1. The number of carbonyl (C=O) groups is 1. The molecule has 3 N–H and O–H groups in total. The third kappa shape index (κ3) is 5.53. The lowest BCUT2D eigenvalue weighted by molar-refractivity contribution is -0.111. The summed E-state index contributed by atoms with van der Waals surface area (Å²) in [6.45, 7) is 8.02. The van der Waals surface area contributed by atoms with E-state index >= 15 is 0 Å². The van der Waals surface area contributed by atoms with E-state index in [2.05, 4.69) is 54.1 Å². The molecular weight excluding hydrogens is 484 g/mol. The monoisotopic (exact) mass is 512 g/mol. The fourth-order valence-electron chi connectivity index (χ4n) is 4.37. The van der Waals surface area contributed by atoms with Crippen molar-refractivity contribution in [1.29, 1.82) is 0 Å². The lowest BCUT2D eigenvalue weighted by Gasteiger charge is -2.35. The average Bonchev–Trinajstić information content (AvgIpc) is 2.94. The van der Waals surface area contributed by atoms with Crippen LogP contribution < -0.4 is 21.0 Å². The van der Waals surface area contributed by atoms with Crippen molar-refractivity contribution < 1.29 is 9.90 Å². The first-order valence-electron chi connectivity index (χ1n) is 12.3. The number of amides is 1. The highest BCUT2D eigenvalue weighted by atomic mass is 16.3. The zero-order chi connectivity index (χ0) is 26.5. The Morgan fingerprint density at radius 1 is 1.05 bits per heavy atom. The number of aliphatic hydroxyl groups is 1. The Bertz CT molecular complexity index is 1510. The molecule has 4 heterocycles. The molecule has 11 nitrogen and oxygen atoms in total. The molecule has 5 rings (SSSR count). The lowest BCUT2D eigenvalue weighted by atomic mass is 10.2. The minimum absolute atomic E-state index is 0.185. The van der Waals surface area contributed by atoms with Gasteiger partial charge in [-0.3, -0.25) is 14.5 Å². The van der Waals surface area contributed by atoms with Crippen molar-refractivity contribution in [2.75, 3.05) is 54.9 Å². The third-order valence-corrected chi connectivity index (χ3v) is 6.37. The summed E-state index contributed by atoms with van der Waals surface area (Å²) in [5, 5.41) is 15.4. The molecule has 1 aliphatic heterocycles. The summed E-state index contributed by atoms with van der Waals surface area (Å²) in [6, 6.07) is 12.9. The van der Waals surface area contributed by atoms with Crippen LogP contribution in [0.4, 0.5) is 23.1 Å². The number of pyridine rings is 2. The number of hydrogen-bond donors (Lipinski definition) is 3. The van der Waals surface area contributed by atoms with Crippen LogP contribution in [0.2, 0.25) is 0 Å². The van der Waals surface area contributed by atoms with Crippen LogP contribution in [0.3, 0.4) is 0 Å². The smallest absolute Gasteiger partial charge is 0.248 e. The second-order valence-corrected chi connectivity index (χ2v) is 8.80. The number of carbonyl (C=O) groups excluding carboxylic acids is 1. The molecule has 0 spiro atoms. The number of fused-ring (bicyclic) bond motifs is 1. The van der Waals surface area contributed by atoms with Gasteiger partial charge in [-0.05, 0) is 36.4 Å². The predicted molar refractivity (Wildman–Crippen MR) is 147 cm³/mol. The van der Waals surface area contributed by atoms with Crippen molar-refractivity contribution in [3.8, 4) is 5.69 Å². The maximum absolute atomic E-state index is 12.5. The molecule has 0 bridgehead atoms. The first kappa shape index (κ1) is 25.1. The number of β-amino-alcohol motifs (C(OH)–C–C–N with tert-alkyl or cyclic N) is 1. The van der Waals surface area contributed by atoms with Gasteiger partial charge >= 0.3 is 0 Å². The fourth-order valence-corrected chi connectivity index (χ4v) is 4.37. The SMILES string of the molecule is C=CC(=O)Nc1cc(-n2ccc(=O)c3cnc(Nc4ccc(N5CCN(CCO)CC5)cc4)nc32)ccn1. The quantitative estimate of drug-likeness (QED) is 0.304. The van der Waals surface area contributed by atoms with Gasteiger partial charge in [0, 0.05) is 74.8 Å².